The van der Waals surface area contributed by atoms with Crippen LogP contribution in [0.25, 0.3) is 0 Å². The molecule has 0 aromatic carbocycles. The fourth-order valence-corrected chi connectivity index (χ4v) is 1.89. The summed E-state index contributed by atoms with van der Waals surface area (Å²) in [5.41, 5.74) is 0. The van der Waals surface area contributed by atoms with Gasteiger partial charge in [-0.1, -0.05) is 65.2 Å². The van der Waals surface area contributed by atoms with Crippen molar-refractivity contribution in [2.45, 2.75) is 72.6 Å². The van der Waals surface area contributed by atoms with Crippen molar-refractivity contribution < 1.29 is 32.7 Å². The van der Waals surface area contributed by atoms with Crippen molar-refractivity contribution in [1.29, 1.82) is 0 Å². The van der Waals surface area contributed by atoms with Gasteiger partial charge < -0.3 is 13.8 Å². The fraction of sp³-hybridized carbons (Fsp3) is 0.867. The minimum Gasteiger partial charge on any atom is -0.358 e. The summed E-state index contributed by atoms with van der Waals surface area (Å²) < 4.78 is 0. The first-order valence-corrected chi connectivity index (χ1v) is 6.48. The van der Waals surface area contributed by atoms with Crippen LogP contribution in [0, 0.1) is 25.7 Å². The summed E-state index contributed by atoms with van der Waals surface area (Å²) in [6, 6.07) is 0. The second-order valence-corrected chi connectivity index (χ2v) is 4.90. The number of rotatable bonds is 9. The molecule has 0 aliphatic rings. The number of hydrogen-bond donors (Lipinski definition) is 0. The second-order valence-electron chi connectivity index (χ2n) is 4.90. The Morgan fingerprint density at radius 1 is 0.938 bits per heavy atom. The van der Waals surface area contributed by atoms with Gasteiger partial charge in [0.15, 0.2) is 0 Å². The smallest absolute Gasteiger partial charge is 0 e. The largest absolute Gasteiger partial charge is 0.358 e. The van der Waals surface area contributed by atoms with Crippen molar-refractivity contribution in [2.75, 3.05) is 0 Å². The van der Waals surface area contributed by atoms with Gasteiger partial charge in [0.1, 0.15) is 0 Å². The van der Waals surface area contributed by atoms with E-state index in [0.717, 1.165) is 11.8 Å². The van der Waals surface area contributed by atoms with Crippen LogP contribution in [0.15, 0.2) is 0 Å². The van der Waals surface area contributed by atoms with Gasteiger partial charge >= 0.3 is 0 Å². The van der Waals surface area contributed by atoms with E-state index in [0.29, 0.717) is 0 Å². The molecule has 0 bridgehead atoms. The molecule has 0 spiro atoms. The van der Waals surface area contributed by atoms with Crippen LogP contribution in [0.3, 0.4) is 0 Å². The molecule has 0 aromatic rings. The standard InChI is InChI=1S/C14H29.CH3.Y/c1-5-10-14(4)12-9-7-8-11-13(3)6-2;;/h5,13-14H,6-12H2,1-4H3;1H3;/q2*-1;. The van der Waals surface area contributed by atoms with E-state index in [2.05, 4.69) is 34.1 Å². The molecule has 97 valence electrons. The Kier molecular flexibility index (Phi) is 22.4. The summed E-state index contributed by atoms with van der Waals surface area (Å²) in [7, 11) is 0. The third kappa shape index (κ3) is 15.1. The summed E-state index contributed by atoms with van der Waals surface area (Å²) in [5.74, 6) is 1.85. The van der Waals surface area contributed by atoms with Gasteiger partial charge in [-0.05, 0) is 5.92 Å². The second kappa shape index (κ2) is 16.1. The molecule has 0 fully saturated rings. The zero-order valence-corrected chi connectivity index (χ0v) is 15.1. The van der Waals surface area contributed by atoms with Gasteiger partial charge in [0.2, 0.25) is 0 Å². The average Bonchev–Trinajstić information content (AvgIpc) is 2.17. The first-order valence-electron chi connectivity index (χ1n) is 6.48. The van der Waals surface area contributed by atoms with Crippen LogP contribution in [0.4, 0.5) is 0 Å². The van der Waals surface area contributed by atoms with Gasteiger partial charge in [-0.3, -0.25) is 0 Å². The Hall–Kier alpha value is 1.10. The summed E-state index contributed by atoms with van der Waals surface area (Å²) in [4.78, 5) is 0. The van der Waals surface area contributed by atoms with Gasteiger partial charge in [0, 0.05) is 32.7 Å². The van der Waals surface area contributed by atoms with Crippen molar-refractivity contribution >= 4 is 0 Å². The third-order valence-corrected chi connectivity index (χ3v) is 3.23. The summed E-state index contributed by atoms with van der Waals surface area (Å²) >= 11 is 0. The van der Waals surface area contributed by atoms with Crippen molar-refractivity contribution in [3.8, 4) is 0 Å². The molecule has 2 unspecified atom stereocenters. The first kappa shape index (κ1) is 22.3. The predicted molar refractivity (Wildman–Crippen MR) is 72.7 cm³/mol. The molecule has 2 atom stereocenters. The van der Waals surface area contributed by atoms with Crippen LogP contribution >= 0.6 is 0 Å². The van der Waals surface area contributed by atoms with Crippen LogP contribution in [-0.4, -0.2) is 0 Å². The molecule has 0 aliphatic carbocycles. The summed E-state index contributed by atoms with van der Waals surface area (Å²) in [6.07, 6.45) is 12.1. The molecule has 0 nitrogen and oxygen atoms in total. The molecule has 0 aliphatic heterocycles. The van der Waals surface area contributed by atoms with Crippen LogP contribution in [0.5, 0.6) is 0 Å². The van der Waals surface area contributed by atoms with Crippen molar-refractivity contribution in [3.63, 3.8) is 0 Å². The molecule has 1 radical (unpaired) electrons. The quantitative estimate of drug-likeness (QED) is 0.379. The molecule has 0 saturated carbocycles. The maximum atomic E-state index is 2.37. The van der Waals surface area contributed by atoms with E-state index in [4.69, 9.17) is 0 Å². The maximum absolute atomic E-state index is 2.37. The molecule has 0 rings (SSSR count). The average molecular weight is 301 g/mol. The van der Waals surface area contributed by atoms with Crippen LogP contribution < -0.4 is 0 Å². The first-order chi connectivity index (χ1) is 6.70. The van der Waals surface area contributed by atoms with Crippen molar-refractivity contribution in [1.82, 2.24) is 0 Å². The Morgan fingerprint density at radius 2 is 1.44 bits per heavy atom. The van der Waals surface area contributed by atoms with Crippen LogP contribution in [0.2, 0.25) is 0 Å². The van der Waals surface area contributed by atoms with Crippen molar-refractivity contribution in [2.24, 2.45) is 11.8 Å². The van der Waals surface area contributed by atoms with E-state index < -0.39 is 0 Å². The molecule has 0 aromatic heterocycles. The van der Waals surface area contributed by atoms with Gasteiger partial charge in [0.05, 0.1) is 0 Å². The summed E-state index contributed by atoms with van der Waals surface area (Å²) in [5, 5.41) is 0. The predicted octanol–water partition coefficient (Wildman–Crippen LogP) is 5.68. The van der Waals surface area contributed by atoms with Gasteiger partial charge in [-0.25, -0.2) is 0 Å². The normalized spacial score (nSPS) is 13.5. The van der Waals surface area contributed by atoms with E-state index in [-0.39, 0.29) is 40.1 Å². The molecule has 0 saturated heterocycles. The van der Waals surface area contributed by atoms with Crippen LogP contribution in [-0.2, 0) is 32.7 Å². The number of hydrogen-bond acceptors (Lipinski definition) is 0. The van der Waals surface area contributed by atoms with E-state index in [1.807, 2.05) is 0 Å². The molecular weight excluding hydrogens is 269 g/mol. The number of unbranched alkanes of at least 4 members (excludes halogenated alkanes) is 2. The molecular formula is C15H32Y-2. The molecule has 0 heterocycles. The SMILES string of the molecule is C[CH-]CC(C)CCCCCC(C)CC.[CH3-].[Y]. The monoisotopic (exact) mass is 301 g/mol. The van der Waals surface area contributed by atoms with E-state index in [1.165, 1.54) is 44.9 Å². The minimum atomic E-state index is 0. The maximum Gasteiger partial charge on any atom is 0 e. The Morgan fingerprint density at radius 3 is 1.88 bits per heavy atom. The third-order valence-electron chi connectivity index (χ3n) is 3.23. The van der Waals surface area contributed by atoms with E-state index in [1.54, 1.807) is 0 Å². The van der Waals surface area contributed by atoms with Gasteiger partial charge in [0.25, 0.3) is 0 Å². The Balaban J connectivity index is -0.000000845. The Labute approximate surface area is 130 Å². The molecule has 0 amide bonds. The van der Waals surface area contributed by atoms with Gasteiger partial charge in [-0.15, -0.1) is 0 Å². The van der Waals surface area contributed by atoms with Crippen LogP contribution in [0.1, 0.15) is 72.6 Å². The Bertz CT molecular complexity index is 112. The zero-order valence-electron chi connectivity index (χ0n) is 12.3. The minimum absolute atomic E-state index is 0. The molecule has 0 N–H and O–H groups in total. The zero-order chi connectivity index (χ0) is 10.8. The topological polar surface area (TPSA) is 0 Å². The fourth-order valence-electron chi connectivity index (χ4n) is 1.89. The van der Waals surface area contributed by atoms with Gasteiger partial charge in [-0.2, -0.15) is 13.3 Å². The van der Waals surface area contributed by atoms with Crippen molar-refractivity contribution in [3.05, 3.63) is 13.8 Å². The molecule has 16 heavy (non-hydrogen) atoms. The summed E-state index contributed by atoms with van der Waals surface area (Å²) in [6.45, 7) is 9.20. The van der Waals surface area contributed by atoms with E-state index >= 15 is 0 Å². The van der Waals surface area contributed by atoms with E-state index in [9.17, 15) is 0 Å². The molecule has 1 heteroatoms.